The molecular weight excluding hydrogens is 450 g/mol. The van der Waals surface area contributed by atoms with Crippen molar-refractivity contribution in [3.05, 3.63) is 106 Å². The van der Waals surface area contributed by atoms with E-state index in [1.54, 1.807) is 55.5 Å². The molecule has 4 heterocycles. The van der Waals surface area contributed by atoms with Gasteiger partial charge in [-0.1, -0.05) is 24.3 Å². The van der Waals surface area contributed by atoms with Crippen LogP contribution >= 0.6 is 0 Å². The van der Waals surface area contributed by atoms with Crippen molar-refractivity contribution in [2.45, 2.75) is 18.9 Å². The van der Waals surface area contributed by atoms with Crippen molar-refractivity contribution in [3.8, 4) is 5.75 Å². The van der Waals surface area contributed by atoms with Gasteiger partial charge in [0.2, 0.25) is 11.8 Å². The van der Waals surface area contributed by atoms with Crippen LogP contribution in [0.2, 0.25) is 0 Å². The molecule has 9 heteroatoms. The van der Waals surface area contributed by atoms with Gasteiger partial charge >= 0.3 is 5.97 Å². The lowest BCUT2D eigenvalue weighted by molar-refractivity contribution is -0.138. The number of furan rings is 1. The average molecular weight is 473 g/mol. The SMILES string of the molecule is C=CCN1C(=O)C2(C(C(=O)OC)=C(N)Oc3cc(C)n(Cc4ccco4)c(=O)c32)c2ccccc21. The normalized spacial score (nSPS) is 18.3. The van der Waals surface area contributed by atoms with Crippen LogP contribution in [-0.2, 0) is 26.3 Å². The van der Waals surface area contributed by atoms with Crippen LogP contribution in [0.1, 0.15) is 22.6 Å². The van der Waals surface area contributed by atoms with Crippen LogP contribution < -0.4 is 20.9 Å². The molecule has 1 spiro atoms. The summed E-state index contributed by atoms with van der Waals surface area (Å²) >= 11 is 0. The molecule has 5 rings (SSSR count). The van der Waals surface area contributed by atoms with Crippen LogP contribution in [0, 0.1) is 6.92 Å². The molecule has 2 aliphatic heterocycles. The molecule has 0 saturated carbocycles. The second-order valence-electron chi connectivity index (χ2n) is 8.30. The second kappa shape index (κ2) is 8.05. The van der Waals surface area contributed by atoms with Crippen molar-refractivity contribution in [1.82, 2.24) is 4.57 Å². The molecule has 1 atom stereocenters. The van der Waals surface area contributed by atoms with E-state index in [0.29, 0.717) is 22.7 Å². The molecule has 0 fully saturated rings. The van der Waals surface area contributed by atoms with E-state index in [0.717, 1.165) is 0 Å². The van der Waals surface area contributed by atoms with E-state index >= 15 is 0 Å². The predicted octanol–water partition coefficient (Wildman–Crippen LogP) is 2.35. The highest BCUT2D eigenvalue weighted by atomic mass is 16.5. The van der Waals surface area contributed by atoms with Crippen molar-refractivity contribution < 1.29 is 23.5 Å². The zero-order valence-corrected chi connectivity index (χ0v) is 19.2. The zero-order valence-electron chi connectivity index (χ0n) is 19.2. The van der Waals surface area contributed by atoms with E-state index in [9.17, 15) is 14.4 Å². The summed E-state index contributed by atoms with van der Waals surface area (Å²) in [6.45, 7) is 5.78. The Morgan fingerprint density at radius 1 is 1.23 bits per heavy atom. The fourth-order valence-corrected chi connectivity index (χ4v) is 5.00. The van der Waals surface area contributed by atoms with Gasteiger partial charge in [0.15, 0.2) is 0 Å². The number of anilines is 1. The first-order valence-corrected chi connectivity index (χ1v) is 10.9. The number of amides is 1. The molecule has 1 aromatic carbocycles. The molecule has 2 aromatic heterocycles. The van der Waals surface area contributed by atoms with Crippen molar-refractivity contribution in [1.29, 1.82) is 0 Å². The number of benzene rings is 1. The van der Waals surface area contributed by atoms with Crippen LogP contribution in [0.5, 0.6) is 5.75 Å². The number of hydrogen-bond acceptors (Lipinski definition) is 7. The third-order valence-corrected chi connectivity index (χ3v) is 6.45. The van der Waals surface area contributed by atoms with Crippen LogP contribution in [0.25, 0.3) is 0 Å². The van der Waals surface area contributed by atoms with Crippen LogP contribution in [0.4, 0.5) is 5.69 Å². The molecule has 0 saturated heterocycles. The summed E-state index contributed by atoms with van der Waals surface area (Å²) in [5.41, 5.74) is 5.19. The van der Waals surface area contributed by atoms with Gasteiger partial charge in [0.05, 0.1) is 25.5 Å². The van der Waals surface area contributed by atoms with Gasteiger partial charge in [-0.3, -0.25) is 9.59 Å². The fourth-order valence-electron chi connectivity index (χ4n) is 5.00. The minimum Gasteiger partial charge on any atom is -0.467 e. The molecular formula is C26H23N3O6. The Bertz CT molecular complexity index is 1470. The van der Waals surface area contributed by atoms with Gasteiger partial charge in [-0.05, 0) is 25.1 Å². The first kappa shape index (κ1) is 22.3. The van der Waals surface area contributed by atoms with Gasteiger partial charge in [-0.15, -0.1) is 6.58 Å². The maximum absolute atomic E-state index is 14.3. The van der Waals surface area contributed by atoms with Gasteiger partial charge in [0.25, 0.3) is 5.56 Å². The second-order valence-corrected chi connectivity index (χ2v) is 8.30. The van der Waals surface area contributed by atoms with Crippen LogP contribution in [0.15, 0.2) is 82.1 Å². The summed E-state index contributed by atoms with van der Waals surface area (Å²) in [6, 6.07) is 12.1. The summed E-state index contributed by atoms with van der Waals surface area (Å²) in [6.07, 6.45) is 3.09. The minimum absolute atomic E-state index is 0.00623. The Balaban J connectivity index is 1.90. The molecule has 3 aromatic rings. The number of nitrogens with zero attached hydrogens (tertiary/aromatic N) is 2. The Hall–Kier alpha value is -4.53. The van der Waals surface area contributed by atoms with Gasteiger partial charge in [-0.2, -0.15) is 0 Å². The van der Waals surface area contributed by atoms with Gasteiger partial charge in [0, 0.05) is 29.6 Å². The number of rotatable bonds is 5. The molecule has 9 nitrogen and oxygen atoms in total. The molecule has 0 bridgehead atoms. The fraction of sp³-hybridized carbons (Fsp3) is 0.192. The lowest BCUT2D eigenvalue weighted by Crippen LogP contribution is -2.52. The smallest absolute Gasteiger partial charge is 0.340 e. The highest BCUT2D eigenvalue weighted by molar-refractivity contribution is 6.18. The minimum atomic E-state index is -1.86. The van der Waals surface area contributed by atoms with Crippen molar-refractivity contribution in [2.24, 2.45) is 5.73 Å². The van der Waals surface area contributed by atoms with Crippen molar-refractivity contribution >= 4 is 17.6 Å². The number of methoxy groups -OCH3 is 1. The Morgan fingerprint density at radius 3 is 2.69 bits per heavy atom. The third kappa shape index (κ3) is 2.97. The lowest BCUT2D eigenvalue weighted by atomic mass is 9.68. The molecule has 2 aliphatic rings. The van der Waals surface area contributed by atoms with Crippen LogP contribution in [0.3, 0.4) is 0 Å². The quantitative estimate of drug-likeness (QED) is 0.447. The summed E-state index contributed by atoms with van der Waals surface area (Å²) in [7, 11) is 1.18. The standard InChI is InChI=1S/C26H23N3O6/c1-4-11-28-18-10-6-5-9-17(18)26(25(28)32)20-19(35-22(27)21(26)24(31)33-3)13-15(2)29(23(20)30)14-16-8-7-12-34-16/h4-10,12-13H,1,11,14,27H2,2-3H3. The number of pyridine rings is 1. The third-order valence-electron chi connectivity index (χ3n) is 6.45. The highest BCUT2D eigenvalue weighted by Gasteiger charge is 2.62. The van der Waals surface area contributed by atoms with E-state index in [1.165, 1.54) is 22.8 Å². The maximum Gasteiger partial charge on any atom is 0.340 e. The number of aryl methyl sites for hydroxylation is 1. The van der Waals surface area contributed by atoms with E-state index in [2.05, 4.69) is 6.58 Å². The molecule has 0 aliphatic carbocycles. The largest absolute Gasteiger partial charge is 0.467 e. The molecule has 1 amide bonds. The van der Waals surface area contributed by atoms with Crippen molar-refractivity contribution in [2.75, 3.05) is 18.6 Å². The van der Waals surface area contributed by atoms with Gasteiger partial charge < -0.3 is 29.1 Å². The number of ether oxygens (including phenoxy) is 2. The zero-order chi connectivity index (χ0) is 24.9. The van der Waals surface area contributed by atoms with Crippen molar-refractivity contribution in [3.63, 3.8) is 0 Å². The molecule has 2 N–H and O–H groups in total. The topological polar surface area (TPSA) is 117 Å². The summed E-state index contributed by atoms with van der Waals surface area (Å²) in [5.74, 6) is -1.02. The summed E-state index contributed by atoms with van der Waals surface area (Å²) in [4.78, 5) is 43.0. The van der Waals surface area contributed by atoms with E-state index in [1.807, 2.05) is 0 Å². The number of nitrogens with two attached hydrogens (primary N) is 1. The predicted molar refractivity (Wildman–Crippen MR) is 127 cm³/mol. The Labute approximate surface area is 200 Å². The number of para-hydroxylation sites is 1. The number of aromatic nitrogens is 1. The number of hydrogen-bond donors (Lipinski definition) is 1. The number of carbonyl (C=O) groups is 2. The molecule has 178 valence electrons. The van der Waals surface area contributed by atoms with E-state index in [4.69, 9.17) is 19.6 Å². The Morgan fingerprint density at radius 2 is 2.00 bits per heavy atom. The van der Waals surface area contributed by atoms with E-state index < -0.39 is 22.9 Å². The van der Waals surface area contributed by atoms with Gasteiger partial charge in [-0.25, -0.2) is 4.79 Å². The first-order valence-electron chi connectivity index (χ1n) is 10.9. The number of esters is 1. The summed E-state index contributed by atoms with van der Waals surface area (Å²) < 4.78 is 17.7. The van der Waals surface area contributed by atoms with Crippen LogP contribution in [-0.4, -0.2) is 30.1 Å². The maximum atomic E-state index is 14.3. The summed E-state index contributed by atoms with van der Waals surface area (Å²) in [5, 5.41) is 0. The van der Waals surface area contributed by atoms with E-state index in [-0.39, 0.29) is 35.9 Å². The number of carbonyl (C=O) groups excluding carboxylic acids is 2. The number of fused-ring (bicyclic) bond motifs is 4. The Kier molecular flexibility index (Phi) is 5.12. The first-order chi connectivity index (χ1) is 16.9. The highest BCUT2D eigenvalue weighted by Crippen LogP contribution is 2.54. The average Bonchev–Trinajstić information content (AvgIpc) is 3.43. The monoisotopic (exact) mass is 473 g/mol. The molecule has 35 heavy (non-hydrogen) atoms. The molecule has 1 unspecified atom stereocenters. The lowest BCUT2D eigenvalue weighted by Gasteiger charge is -2.35. The molecule has 0 radical (unpaired) electrons. The van der Waals surface area contributed by atoms with Gasteiger partial charge in [0.1, 0.15) is 22.5 Å².